The lowest BCUT2D eigenvalue weighted by molar-refractivity contribution is 0.0240. The largest absolute Gasteiger partial charge is 0.444 e. The van der Waals surface area contributed by atoms with Crippen LogP contribution in [0.1, 0.15) is 79.1 Å². The van der Waals surface area contributed by atoms with E-state index in [1.165, 1.54) is 44.9 Å². The fourth-order valence-corrected chi connectivity index (χ4v) is 3.92. The third-order valence-electron chi connectivity index (χ3n) is 5.15. The smallest absolute Gasteiger partial charge is 0.410 e. The zero-order valence-corrected chi connectivity index (χ0v) is 15.6. The van der Waals surface area contributed by atoms with Gasteiger partial charge in [-0.1, -0.05) is 32.6 Å². The van der Waals surface area contributed by atoms with E-state index in [0.717, 1.165) is 25.4 Å². The van der Waals surface area contributed by atoms with Crippen molar-refractivity contribution in [2.45, 2.75) is 96.7 Å². The number of ether oxygens (including phenoxy) is 1. The summed E-state index contributed by atoms with van der Waals surface area (Å²) in [5.41, 5.74) is -0.413. The molecule has 3 atom stereocenters. The lowest BCUT2D eigenvalue weighted by Crippen LogP contribution is -2.48. The van der Waals surface area contributed by atoms with Crippen LogP contribution in [0.4, 0.5) is 4.79 Å². The van der Waals surface area contributed by atoms with Crippen LogP contribution >= 0.6 is 0 Å². The zero-order valence-electron chi connectivity index (χ0n) is 15.6. The highest BCUT2D eigenvalue weighted by atomic mass is 16.6. The number of likely N-dealkylation sites (tertiary alicyclic amines) is 1. The van der Waals surface area contributed by atoms with Crippen LogP contribution in [0.15, 0.2) is 0 Å². The van der Waals surface area contributed by atoms with Crippen LogP contribution in [-0.2, 0) is 4.74 Å². The molecule has 1 amide bonds. The molecule has 23 heavy (non-hydrogen) atoms. The Morgan fingerprint density at radius 2 is 1.87 bits per heavy atom. The number of rotatable bonds is 3. The molecule has 1 saturated carbocycles. The van der Waals surface area contributed by atoms with Gasteiger partial charge in [0, 0.05) is 25.2 Å². The number of nitrogens with zero attached hydrogens (tertiary/aromatic N) is 1. The van der Waals surface area contributed by atoms with Crippen molar-refractivity contribution in [3.05, 3.63) is 0 Å². The van der Waals surface area contributed by atoms with Crippen LogP contribution in [0.3, 0.4) is 0 Å². The number of carbonyl (C=O) groups is 1. The predicted octanol–water partition coefficient (Wildman–Crippen LogP) is 4.33. The Labute approximate surface area is 142 Å². The quantitative estimate of drug-likeness (QED) is 0.840. The maximum absolute atomic E-state index is 12.4. The summed E-state index contributed by atoms with van der Waals surface area (Å²) in [5.74, 6) is 0.883. The average Bonchev–Trinajstić information content (AvgIpc) is 2.71. The van der Waals surface area contributed by atoms with Crippen LogP contribution in [0, 0.1) is 5.92 Å². The van der Waals surface area contributed by atoms with Gasteiger partial charge in [0.1, 0.15) is 5.60 Å². The molecule has 4 heteroatoms. The van der Waals surface area contributed by atoms with Gasteiger partial charge in [-0.05, 0) is 52.4 Å². The third-order valence-corrected chi connectivity index (χ3v) is 5.15. The van der Waals surface area contributed by atoms with Gasteiger partial charge in [0.15, 0.2) is 0 Å². The fourth-order valence-electron chi connectivity index (χ4n) is 3.92. The summed E-state index contributed by atoms with van der Waals surface area (Å²) in [7, 11) is 0. The van der Waals surface area contributed by atoms with Crippen molar-refractivity contribution in [3.63, 3.8) is 0 Å². The van der Waals surface area contributed by atoms with Crippen molar-refractivity contribution in [2.24, 2.45) is 5.92 Å². The highest BCUT2D eigenvalue weighted by Gasteiger charge is 2.28. The van der Waals surface area contributed by atoms with Crippen LogP contribution in [-0.4, -0.2) is 41.8 Å². The lowest BCUT2D eigenvalue weighted by atomic mass is 9.84. The van der Waals surface area contributed by atoms with Crippen LogP contribution in [0.25, 0.3) is 0 Å². The van der Waals surface area contributed by atoms with E-state index in [2.05, 4.69) is 12.2 Å². The number of nitrogens with one attached hydrogen (secondary N) is 1. The first-order valence-electron chi connectivity index (χ1n) is 9.61. The van der Waals surface area contributed by atoms with Gasteiger partial charge in [0.05, 0.1) is 0 Å². The second-order valence-electron chi connectivity index (χ2n) is 8.42. The minimum Gasteiger partial charge on any atom is -0.444 e. The molecule has 0 radical (unpaired) electrons. The molecule has 2 aliphatic rings. The standard InChI is InChI=1S/C19H36N2O2/c1-5-15-9-8-11-16(13-15)20-17-10-6-7-12-21(14-17)18(22)23-19(2,3)4/h15-17,20H,5-14H2,1-4H3. The average molecular weight is 325 g/mol. The summed E-state index contributed by atoms with van der Waals surface area (Å²) < 4.78 is 5.56. The maximum atomic E-state index is 12.4. The van der Waals surface area contributed by atoms with Crippen molar-refractivity contribution in [3.8, 4) is 0 Å². The summed E-state index contributed by atoms with van der Waals surface area (Å²) in [6, 6.07) is 1.06. The topological polar surface area (TPSA) is 41.6 Å². The summed E-state index contributed by atoms with van der Waals surface area (Å²) in [6.07, 6.45) is 9.93. The molecule has 4 nitrogen and oxygen atoms in total. The number of amides is 1. The first kappa shape index (κ1) is 18.6. The van der Waals surface area contributed by atoms with Crippen LogP contribution < -0.4 is 5.32 Å². The summed E-state index contributed by atoms with van der Waals surface area (Å²) >= 11 is 0. The molecular formula is C19H36N2O2. The van der Waals surface area contributed by atoms with Gasteiger partial charge < -0.3 is 15.0 Å². The summed E-state index contributed by atoms with van der Waals surface area (Å²) in [5, 5.41) is 3.86. The molecule has 0 bridgehead atoms. The molecule has 0 aromatic heterocycles. The maximum Gasteiger partial charge on any atom is 0.410 e. The van der Waals surface area contributed by atoms with Gasteiger partial charge >= 0.3 is 6.09 Å². The minimum atomic E-state index is -0.413. The van der Waals surface area contributed by atoms with E-state index < -0.39 is 5.60 Å². The Bertz CT molecular complexity index is 378. The van der Waals surface area contributed by atoms with E-state index in [9.17, 15) is 4.79 Å². The van der Waals surface area contributed by atoms with Crippen molar-refractivity contribution < 1.29 is 9.53 Å². The Hall–Kier alpha value is -0.770. The van der Waals surface area contributed by atoms with Gasteiger partial charge in [0.25, 0.3) is 0 Å². The van der Waals surface area contributed by atoms with Crippen LogP contribution in [0.5, 0.6) is 0 Å². The Balaban J connectivity index is 1.87. The van der Waals surface area contributed by atoms with E-state index in [0.29, 0.717) is 12.1 Å². The molecular weight excluding hydrogens is 288 g/mol. The van der Waals surface area contributed by atoms with Gasteiger partial charge in [0.2, 0.25) is 0 Å². The molecule has 2 fully saturated rings. The van der Waals surface area contributed by atoms with Gasteiger partial charge in [-0.15, -0.1) is 0 Å². The lowest BCUT2D eigenvalue weighted by Gasteiger charge is -2.34. The number of hydrogen-bond acceptors (Lipinski definition) is 3. The first-order chi connectivity index (χ1) is 10.9. The molecule has 1 aliphatic carbocycles. The van der Waals surface area contributed by atoms with Crippen molar-refractivity contribution in [2.75, 3.05) is 13.1 Å². The normalized spacial score (nSPS) is 29.9. The second kappa shape index (κ2) is 8.36. The van der Waals surface area contributed by atoms with Crippen molar-refractivity contribution in [1.82, 2.24) is 10.2 Å². The van der Waals surface area contributed by atoms with E-state index in [4.69, 9.17) is 4.74 Å². The Morgan fingerprint density at radius 3 is 2.57 bits per heavy atom. The van der Waals surface area contributed by atoms with Gasteiger partial charge in [-0.3, -0.25) is 0 Å². The Kier molecular flexibility index (Phi) is 6.75. The Morgan fingerprint density at radius 1 is 1.13 bits per heavy atom. The fraction of sp³-hybridized carbons (Fsp3) is 0.947. The van der Waals surface area contributed by atoms with Crippen molar-refractivity contribution >= 4 is 6.09 Å². The van der Waals surface area contributed by atoms with E-state index >= 15 is 0 Å². The van der Waals surface area contributed by atoms with E-state index in [-0.39, 0.29) is 6.09 Å². The minimum absolute atomic E-state index is 0.152. The molecule has 1 aliphatic heterocycles. The molecule has 2 rings (SSSR count). The SMILES string of the molecule is CCC1CCCC(NC2CCCCN(C(=O)OC(C)(C)C)C2)C1. The molecule has 1 heterocycles. The highest BCUT2D eigenvalue weighted by Crippen LogP contribution is 2.27. The van der Waals surface area contributed by atoms with Crippen LogP contribution in [0.2, 0.25) is 0 Å². The number of hydrogen-bond donors (Lipinski definition) is 1. The second-order valence-corrected chi connectivity index (χ2v) is 8.42. The molecule has 1 N–H and O–H groups in total. The molecule has 0 spiro atoms. The molecule has 0 aromatic carbocycles. The van der Waals surface area contributed by atoms with E-state index in [1.807, 2.05) is 25.7 Å². The summed E-state index contributed by atoms with van der Waals surface area (Å²) in [6.45, 7) is 9.74. The van der Waals surface area contributed by atoms with Gasteiger partial charge in [-0.25, -0.2) is 4.79 Å². The zero-order chi connectivity index (χ0) is 16.9. The highest BCUT2D eigenvalue weighted by molar-refractivity contribution is 5.68. The van der Waals surface area contributed by atoms with Crippen molar-refractivity contribution in [1.29, 1.82) is 0 Å². The summed E-state index contributed by atoms with van der Waals surface area (Å²) in [4.78, 5) is 14.3. The first-order valence-corrected chi connectivity index (χ1v) is 9.61. The van der Waals surface area contributed by atoms with Gasteiger partial charge in [-0.2, -0.15) is 0 Å². The molecule has 1 saturated heterocycles. The molecule has 3 unspecified atom stereocenters. The molecule has 134 valence electrons. The third kappa shape index (κ3) is 6.33. The molecule has 0 aromatic rings. The number of carbonyl (C=O) groups excluding carboxylic acids is 1. The predicted molar refractivity (Wildman–Crippen MR) is 94.6 cm³/mol. The monoisotopic (exact) mass is 324 g/mol. The van der Waals surface area contributed by atoms with E-state index in [1.54, 1.807) is 0 Å².